The lowest BCUT2D eigenvalue weighted by Gasteiger charge is -2.35. The minimum atomic E-state index is -0.848. The van der Waals surface area contributed by atoms with Crippen molar-refractivity contribution in [2.75, 3.05) is 6.61 Å². The molecule has 5 nitrogen and oxygen atoms in total. The van der Waals surface area contributed by atoms with Gasteiger partial charge in [0, 0.05) is 6.61 Å². The van der Waals surface area contributed by atoms with Crippen molar-refractivity contribution in [1.82, 2.24) is 0 Å². The van der Waals surface area contributed by atoms with Gasteiger partial charge in [0.2, 0.25) is 6.29 Å². The third kappa shape index (κ3) is 2.52. The van der Waals surface area contributed by atoms with Crippen LogP contribution in [0.2, 0.25) is 0 Å². The number of carbonyl (C=O) groups excluding carboxylic acids is 2. The molecular weight excluding hydrogens is 212 g/mol. The Kier molecular flexibility index (Phi) is 4.29. The lowest BCUT2D eigenvalue weighted by Crippen LogP contribution is -2.47. The van der Waals surface area contributed by atoms with Gasteiger partial charge < -0.3 is 14.2 Å². The predicted octanol–water partition coefficient (Wildman–Crippen LogP) is 1.40. The van der Waals surface area contributed by atoms with Crippen LogP contribution in [0.4, 0.5) is 0 Å². The van der Waals surface area contributed by atoms with Gasteiger partial charge in [0.05, 0.1) is 0 Å². The topological polar surface area (TPSA) is 61.8 Å². The summed E-state index contributed by atoms with van der Waals surface area (Å²) in [6.45, 7) is 5.96. The number of rotatable bonds is 4. The first-order chi connectivity index (χ1) is 7.57. The fourth-order valence-electron chi connectivity index (χ4n) is 1.76. The van der Waals surface area contributed by atoms with Gasteiger partial charge in [-0.3, -0.25) is 9.59 Å². The number of hydrogen-bond acceptors (Lipinski definition) is 5. The summed E-state index contributed by atoms with van der Waals surface area (Å²) in [7, 11) is 0. The zero-order valence-electron chi connectivity index (χ0n) is 9.95. The van der Waals surface area contributed by atoms with Crippen LogP contribution >= 0.6 is 0 Å². The van der Waals surface area contributed by atoms with Gasteiger partial charge in [-0.1, -0.05) is 13.8 Å². The molecule has 0 N–H and O–H groups in total. The van der Waals surface area contributed by atoms with Crippen molar-refractivity contribution in [1.29, 1.82) is 0 Å². The Labute approximate surface area is 95.0 Å². The highest BCUT2D eigenvalue weighted by molar-refractivity contribution is 5.92. The van der Waals surface area contributed by atoms with E-state index in [1.807, 2.05) is 13.8 Å². The first-order valence-corrected chi connectivity index (χ1v) is 5.60. The Morgan fingerprint density at radius 3 is 2.38 bits per heavy atom. The van der Waals surface area contributed by atoms with Crippen molar-refractivity contribution in [2.24, 2.45) is 0 Å². The van der Waals surface area contributed by atoms with Gasteiger partial charge in [-0.2, -0.15) is 0 Å². The molecule has 92 valence electrons. The molecule has 1 aliphatic heterocycles. The Morgan fingerprint density at radius 2 is 1.88 bits per heavy atom. The molecule has 0 bridgehead atoms. The number of hydrogen-bond donors (Lipinski definition) is 0. The first-order valence-electron chi connectivity index (χ1n) is 5.60. The quantitative estimate of drug-likeness (QED) is 0.539. The highest BCUT2D eigenvalue weighted by Crippen LogP contribution is 2.31. The summed E-state index contributed by atoms with van der Waals surface area (Å²) in [6, 6.07) is 0. The number of esters is 2. The molecular formula is C11H18O5. The second kappa shape index (κ2) is 5.30. The molecule has 1 rings (SSSR count). The van der Waals surface area contributed by atoms with Gasteiger partial charge in [-0.25, -0.2) is 0 Å². The van der Waals surface area contributed by atoms with Crippen LogP contribution in [0.15, 0.2) is 0 Å². The molecule has 0 aromatic heterocycles. The van der Waals surface area contributed by atoms with Crippen LogP contribution in [-0.4, -0.2) is 30.4 Å². The maximum Gasteiger partial charge on any atom is 0.319 e. The predicted molar refractivity (Wildman–Crippen MR) is 55.5 cm³/mol. The van der Waals surface area contributed by atoms with Gasteiger partial charge in [0.1, 0.15) is 6.42 Å². The number of carbonyl (C=O) groups is 2. The molecule has 0 aromatic carbocycles. The third-order valence-electron chi connectivity index (χ3n) is 2.79. The molecule has 1 fully saturated rings. The third-order valence-corrected chi connectivity index (χ3v) is 2.79. The smallest absolute Gasteiger partial charge is 0.319 e. The standard InChI is InChI=1S/C11H18O5/c1-4-11(5-2)10(14-6-3)15-8(12)7-9(13)16-11/h10H,4-7H2,1-3H3. The van der Waals surface area contributed by atoms with Crippen LogP contribution < -0.4 is 0 Å². The fraction of sp³-hybridized carbons (Fsp3) is 0.818. The van der Waals surface area contributed by atoms with Crippen LogP contribution in [0.25, 0.3) is 0 Å². The van der Waals surface area contributed by atoms with Crippen molar-refractivity contribution in [3.63, 3.8) is 0 Å². The molecule has 1 unspecified atom stereocenters. The number of ether oxygens (including phenoxy) is 3. The lowest BCUT2D eigenvalue weighted by atomic mass is 9.96. The molecule has 1 heterocycles. The van der Waals surface area contributed by atoms with Gasteiger partial charge in [-0.15, -0.1) is 0 Å². The van der Waals surface area contributed by atoms with E-state index < -0.39 is 23.8 Å². The van der Waals surface area contributed by atoms with Gasteiger partial charge in [-0.05, 0) is 19.8 Å². The first kappa shape index (κ1) is 13.0. The molecule has 1 saturated heterocycles. The van der Waals surface area contributed by atoms with E-state index in [1.54, 1.807) is 6.92 Å². The van der Waals surface area contributed by atoms with Crippen LogP contribution in [0, 0.1) is 0 Å². The summed E-state index contributed by atoms with van der Waals surface area (Å²) in [5.74, 6) is -1.14. The highest BCUT2D eigenvalue weighted by Gasteiger charge is 2.46. The van der Waals surface area contributed by atoms with E-state index in [4.69, 9.17) is 14.2 Å². The lowest BCUT2D eigenvalue weighted by molar-refractivity contribution is -0.233. The zero-order valence-corrected chi connectivity index (χ0v) is 9.95. The summed E-state index contributed by atoms with van der Waals surface area (Å²) in [6.07, 6.45) is -0.0439. The second-order valence-corrected chi connectivity index (χ2v) is 3.70. The van der Waals surface area contributed by atoms with Crippen molar-refractivity contribution in [2.45, 2.75) is 51.9 Å². The molecule has 0 aromatic rings. The zero-order chi connectivity index (χ0) is 12.2. The molecule has 0 aliphatic carbocycles. The minimum Gasteiger partial charge on any atom is -0.452 e. The van der Waals surface area contributed by atoms with Crippen LogP contribution in [-0.2, 0) is 23.8 Å². The van der Waals surface area contributed by atoms with E-state index in [2.05, 4.69) is 0 Å². The highest BCUT2D eigenvalue weighted by atomic mass is 16.7. The van der Waals surface area contributed by atoms with Crippen molar-refractivity contribution >= 4 is 11.9 Å². The van der Waals surface area contributed by atoms with Gasteiger partial charge >= 0.3 is 11.9 Å². The summed E-state index contributed by atoms with van der Waals surface area (Å²) in [5, 5.41) is 0. The Bertz CT molecular complexity index is 270. The summed E-state index contributed by atoms with van der Waals surface area (Å²) < 4.78 is 15.8. The minimum absolute atomic E-state index is 0.342. The van der Waals surface area contributed by atoms with E-state index in [1.165, 1.54) is 0 Å². The average molecular weight is 230 g/mol. The molecule has 0 amide bonds. The van der Waals surface area contributed by atoms with Gasteiger partial charge in [0.15, 0.2) is 5.60 Å². The van der Waals surface area contributed by atoms with Crippen LogP contribution in [0.5, 0.6) is 0 Å². The van der Waals surface area contributed by atoms with Crippen LogP contribution in [0.1, 0.15) is 40.0 Å². The van der Waals surface area contributed by atoms with E-state index in [0.717, 1.165) is 0 Å². The number of cyclic esters (lactones) is 2. The molecule has 16 heavy (non-hydrogen) atoms. The molecule has 0 saturated carbocycles. The van der Waals surface area contributed by atoms with E-state index in [9.17, 15) is 9.59 Å². The summed E-state index contributed by atoms with van der Waals surface area (Å²) in [4.78, 5) is 22.7. The summed E-state index contributed by atoms with van der Waals surface area (Å²) in [5.41, 5.74) is -0.848. The molecule has 5 heteroatoms. The van der Waals surface area contributed by atoms with Crippen LogP contribution in [0.3, 0.4) is 0 Å². The molecule has 1 aliphatic rings. The fourth-order valence-corrected chi connectivity index (χ4v) is 1.76. The maximum absolute atomic E-state index is 11.4. The molecule has 1 atom stereocenters. The Balaban J connectivity index is 2.96. The molecule has 0 radical (unpaired) electrons. The Morgan fingerprint density at radius 1 is 1.25 bits per heavy atom. The summed E-state index contributed by atoms with van der Waals surface area (Å²) >= 11 is 0. The van der Waals surface area contributed by atoms with E-state index in [-0.39, 0.29) is 6.42 Å². The van der Waals surface area contributed by atoms with E-state index in [0.29, 0.717) is 19.4 Å². The Hall–Kier alpha value is -1.10. The van der Waals surface area contributed by atoms with Crippen molar-refractivity contribution < 1.29 is 23.8 Å². The average Bonchev–Trinajstić information content (AvgIpc) is 2.36. The second-order valence-electron chi connectivity index (χ2n) is 3.70. The monoisotopic (exact) mass is 230 g/mol. The normalized spacial score (nSPS) is 24.6. The largest absolute Gasteiger partial charge is 0.452 e. The van der Waals surface area contributed by atoms with Gasteiger partial charge in [0.25, 0.3) is 0 Å². The SMILES string of the molecule is CCOC1OC(=O)CC(=O)OC1(CC)CC. The van der Waals surface area contributed by atoms with Crippen molar-refractivity contribution in [3.05, 3.63) is 0 Å². The molecule has 0 spiro atoms. The van der Waals surface area contributed by atoms with Crippen molar-refractivity contribution in [3.8, 4) is 0 Å². The van der Waals surface area contributed by atoms with E-state index >= 15 is 0 Å². The maximum atomic E-state index is 11.4.